The fraction of sp³-hybridized carbons (Fsp3) is 0.300. The average Bonchev–Trinajstić information content (AvgIpc) is 2.97. The number of carbonyl (C=O) groups is 1. The lowest BCUT2D eigenvalue weighted by molar-refractivity contribution is 0.0950. The first kappa shape index (κ1) is 10.7. The molecule has 1 amide bonds. The lowest BCUT2D eigenvalue weighted by Crippen LogP contribution is -2.27. The molecule has 1 N–H and O–H groups in total. The molecule has 1 aromatic carbocycles. The van der Waals surface area contributed by atoms with Crippen LogP contribution in [0.4, 0.5) is 0 Å². The van der Waals surface area contributed by atoms with Gasteiger partial charge in [-0.1, -0.05) is 23.2 Å². The molecule has 1 aromatic rings. The number of nitrogens with one attached hydrogen (secondary N) is 1. The first-order chi connectivity index (χ1) is 7.16. The minimum Gasteiger partial charge on any atom is -0.371 e. The summed E-state index contributed by atoms with van der Waals surface area (Å²) in [5.74, 6) is -0.202. The zero-order valence-electron chi connectivity index (χ0n) is 7.80. The number of benzene rings is 1. The van der Waals surface area contributed by atoms with Crippen LogP contribution in [-0.2, 0) is 4.74 Å². The Balaban J connectivity index is 2.03. The minimum absolute atomic E-state index is 0.167. The maximum absolute atomic E-state index is 11.6. The summed E-state index contributed by atoms with van der Waals surface area (Å²) >= 11 is 11.6. The predicted molar refractivity (Wildman–Crippen MR) is 58.5 cm³/mol. The Kier molecular flexibility index (Phi) is 3.14. The number of hydrogen-bond acceptors (Lipinski definition) is 2. The molecule has 1 heterocycles. The second kappa shape index (κ2) is 4.39. The van der Waals surface area contributed by atoms with E-state index < -0.39 is 0 Å². The van der Waals surface area contributed by atoms with Crippen molar-refractivity contribution in [1.29, 1.82) is 0 Å². The molecule has 0 aromatic heterocycles. The Morgan fingerprint density at radius 1 is 1.53 bits per heavy atom. The van der Waals surface area contributed by atoms with E-state index in [2.05, 4.69) is 5.32 Å². The van der Waals surface area contributed by atoms with Crippen LogP contribution in [0.15, 0.2) is 18.2 Å². The van der Waals surface area contributed by atoms with Crippen molar-refractivity contribution in [2.45, 2.75) is 6.10 Å². The summed E-state index contributed by atoms with van der Waals surface area (Å²) < 4.78 is 4.98. The second-order valence-corrected chi connectivity index (χ2v) is 4.13. The molecule has 0 saturated carbocycles. The standard InChI is InChI=1S/C10H9Cl2NO2/c11-6-1-2-8(9(12)3-6)10(14)13-4-7-5-15-7/h1-3,7H,4-5H2,(H,13,14)/t7-/m0/s1. The quantitative estimate of drug-likeness (QED) is 0.830. The van der Waals surface area contributed by atoms with Crippen molar-refractivity contribution in [2.75, 3.05) is 13.2 Å². The lowest BCUT2D eigenvalue weighted by atomic mass is 10.2. The lowest BCUT2D eigenvalue weighted by Gasteiger charge is -2.05. The fourth-order valence-electron chi connectivity index (χ4n) is 1.16. The van der Waals surface area contributed by atoms with Crippen molar-refractivity contribution in [1.82, 2.24) is 5.32 Å². The third-order valence-electron chi connectivity index (χ3n) is 2.07. The number of hydrogen-bond donors (Lipinski definition) is 1. The molecule has 15 heavy (non-hydrogen) atoms. The van der Waals surface area contributed by atoms with Gasteiger partial charge in [0, 0.05) is 11.6 Å². The molecule has 0 radical (unpaired) electrons. The Labute approximate surface area is 97.3 Å². The molecule has 0 spiro atoms. The van der Waals surface area contributed by atoms with E-state index in [1.54, 1.807) is 18.2 Å². The summed E-state index contributed by atoms with van der Waals surface area (Å²) in [5, 5.41) is 3.60. The van der Waals surface area contributed by atoms with Crippen molar-refractivity contribution < 1.29 is 9.53 Å². The Hall–Kier alpha value is -0.770. The Morgan fingerprint density at radius 3 is 2.87 bits per heavy atom. The highest BCUT2D eigenvalue weighted by Gasteiger charge is 2.23. The predicted octanol–water partition coefficient (Wildman–Crippen LogP) is 2.12. The van der Waals surface area contributed by atoms with Crippen LogP contribution in [0.25, 0.3) is 0 Å². The van der Waals surface area contributed by atoms with Gasteiger partial charge in [0.05, 0.1) is 23.3 Å². The number of epoxide rings is 1. The van der Waals surface area contributed by atoms with Gasteiger partial charge in [-0.05, 0) is 18.2 Å². The van der Waals surface area contributed by atoms with E-state index in [-0.39, 0.29) is 12.0 Å². The molecule has 1 atom stereocenters. The summed E-state index contributed by atoms with van der Waals surface area (Å²) in [5.41, 5.74) is 0.432. The van der Waals surface area contributed by atoms with Crippen LogP contribution in [-0.4, -0.2) is 25.2 Å². The zero-order valence-corrected chi connectivity index (χ0v) is 9.31. The number of carbonyl (C=O) groups excluding carboxylic acids is 1. The largest absolute Gasteiger partial charge is 0.371 e. The molecule has 1 saturated heterocycles. The molecular weight excluding hydrogens is 237 g/mol. The summed E-state index contributed by atoms with van der Waals surface area (Å²) in [7, 11) is 0. The maximum Gasteiger partial charge on any atom is 0.252 e. The molecule has 80 valence electrons. The third-order valence-corrected chi connectivity index (χ3v) is 2.62. The highest BCUT2D eigenvalue weighted by molar-refractivity contribution is 6.36. The molecule has 5 heteroatoms. The molecule has 1 aliphatic heterocycles. The van der Waals surface area contributed by atoms with E-state index in [0.717, 1.165) is 0 Å². The molecule has 0 aliphatic carbocycles. The van der Waals surface area contributed by atoms with E-state index in [1.807, 2.05) is 0 Å². The number of rotatable bonds is 3. The second-order valence-electron chi connectivity index (χ2n) is 3.29. The van der Waals surface area contributed by atoms with Gasteiger partial charge >= 0.3 is 0 Å². The summed E-state index contributed by atoms with van der Waals surface area (Å²) in [4.78, 5) is 11.6. The summed E-state index contributed by atoms with van der Waals surface area (Å²) in [6, 6.07) is 4.79. The van der Waals surface area contributed by atoms with E-state index in [9.17, 15) is 4.79 Å². The highest BCUT2D eigenvalue weighted by Crippen LogP contribution is 2.20. The van der Waals surface area contributed by atoms with Gasteiger partial charge in [-0.15, -0.1) is 0 Å². The first-order valence-corrected chi connectivity index (χ1v) is 5.27. The zero-order chi connectivity index (χ0) is 10.8. The number of ether oxygens (including phenoxy) is 1. The SMILES string of the molecule is O=C(NC[C@H]1CO1)c1ccc(Cl)cc1Cl. The van der Waals surface area contributed by atoms with Crippen LogP contribution in [0.2, 0.25) is 10.0 Å². The highest BCUT2D eigenvalue weighted by atomic mass is 35.5. The van der Waals surface area contributed by atoms with Crippen LogP contribution in [0.3, 0.4) is 0 Å². The third kappa shape index (κ3) is 2.84. The van der Waals surface area contributed by atoms with Crippen LogP contribution >= 0.6 is 23.2 Å². The summed E-state index contributed by atoms with van der Waals surface area (Å²) in [6.45, 7) is 1.24. The molecule has 2 rings (SSSR count). The summed E-state index contributed by atoms with van der Waals surface area (Å²) in [6.07, 6.45) is 0.167. The molecule has 1 aliphatic rings. The molecular formula is C10H9Cl2NO2. The topological polar surface area (TPSA) is 41.6 Å². The van der Waals surface area contributed by atoms with Crippen molar-refractivity contribution in [3.63, 3.8) is 0 Å². The minimum atomic E-state index is -0.202. The van der Waals surface area contributed by atoms with E-state index in [4.69, 9.17) is 27.9 Å². The van der Waals surface area contributed by atoms with Gasteiger partial charge in [-0.2, -0.15) is 0 Å². The first-order valence-electron chi connectivity index (χ1n) is 4.51. The molecule has 0 unspecified atom stereocenters. The van der Waals surface area contributed by atoms with Crippen molar-refractivity contribution in [3.8, 4) is 0 Å². The van der Waals surface area contributed by atoms with Crippen LogP contribution in [0.5, 0.6) is 0 Å². The normalized spacial score (nSPS) is 18.7. The smallest absolute Gasteiger partial charge is 0.252 e. The van der Waals surface area contributed by atoms with Crippen molar-refractivity contribution in [2.24, 2.45) is 0 Å². The van der Waals surface area contributed by atoms with Crippen LogP contribution in [0.1, 0.15) is 10.4 Å². The monoisotopic (exact) mass is 245 g/mol. The Morgan fingerprint density at radius 2 is 2.27 bits per heavy atom. The van der Waals surface area contributed by atoms with Crippen LogP contribution < -0.4 is 5.32 Å². The average molecular weight is 246 g/mol. The molecule has 1 fully saturated rings. The van der Waals surface area contributed by atoms with Crippen molar-refractivity contribution in [3.05, 3.63) is 33.8 Å². The van der Waals surface area contributed by atoms with E-state index >= 15 is 0 Å². The van der Waals surface area contributed by atoms with E-state index in [1.165, 1.54) is 0 Å². The van der Waals surface area contributed by atoms with Gasteiger partial charge in [-0.3, -0.25) is 4.79 Å². The van der Waals surface area contributed by atoms with Gasteiger partial charge in [0.25, 0.3) is 5.91 Å². The maximum atomic E-state index is 11.6. The van der Waals surface area contributed by atoms with Gasteiger partial charge in [0.1, 0.15) is 0 Å². The Bertz CT molecular complexity index is 391. The van der Waals surface area contributed by atoms with Gasteiger partial charge in [0.15, 0.2) is 0 Å². The number of halogens is 2. The van der Waals surface area contributed by atoms with Gasteiger partial charge in [0.2, 0.25) is 0 Å². The van der Waals surface area contributed by atoms with Crippen LogP contribution in [0, 0.1) is 0 Å². The van der Waals surface area contributed by atoms with E-state index in [0.29, 0.717) is 28.8 Å². The van der Waals surface area contributed by atoms with Gasteiger partial charge in [-0.25, -0.2) is 0 Å². The number of amides is 1. The fourth-order valence-corrected chi connectivity index (χ4v) is 1.66. The molecule has 3 nitrogen and oxygen atoms in total. The molecule has 0 bridgehead atoms. The van der Waals surface area contributed by atoms with Gasteiger partial charge < -0.3 is 10.1 Å². The van der Waals surface area contributed by atoms with Crippen molar-refractivity contribution >= 4 is 29.1 Å².